The van der Waals surface area contributed by atoms with E-state index in [1.165, 1.54) is 0 Å². The Morgan fingerprint density at radius 2 is 2.00 bits per heavy atom. The molecule has 0 aromatic rings. The molecule has 0 aromatic carbocycles. The highest BCUT2D eigenvalue weighted by Gasteiger charge is 2.16. The number of nitrogens with one attached hydrogen (secondary N) is 1. The molecular formula is C8H16N2O4S. The van der Waals surface area contributed by atoms with Crippen molar-refractivity contribution in [2.75, 3.05) is 39.1 Å². The topological polar surface area (TPSA) is 75.7 Å². The highest BCUT2D eigenvalue weighted by molar-refractivity contribution is 7.88. The minimum atomic E-state index is -3.20. The molecule has 1 aliphatic rings. The highest BCUT2D eigenvalue weighted by Crippen LogP contribution is 1.99. The maximum Gasteiger partial charge on any atom is 0.224 e. The summed E-state index contributed by atoms with van der Waals surface area (Å²) in [5, 5.41) is 0. The molecule has 1 amide bonds. The number of carbonyl (C=O) groups excluding carboxylic acids is 1. The second kappa shape index (κ2) is 5.43. The molecule has 0 aromatic heterocycles. The van der Waals surface area contributed by atoms with Gasteiger partial charge >= 0.3 is 0 Å². The molecule has 0 radical (unpaired) electrons. The lowest BCUT2D eigenvalue weighted by Crippen LogP contribution is -2.41. The van der Waals surface area contributed by atoms with E-state index in [1.807, 2.05) is 0 Å². The van der Waals surface area contributed by atoms with Crippen molar-refractivity contribution >= 4 is 15.9 Å². The van der Waals surface area contributed by atoms with Gasteiger partial charge in [-0.25, -0.2) is 13.1 Å². The maximum atomic E-state index is 11.5. The number of ether oxygens (including phenoxy) is 1. The van der Waals surface area contributed by atoms with Crippen LogP contribution in [0, 0.1) is 0 Å². The molecule has 1 fully saturated rings. The first-order valence-electron chi connectivity index (χ1n) is 4.79. The maximum absolute atomic E-state index is 11.5. The van der Waals surface area contributed by atoms with Crippen LogP contribution in [0.5, 0.6) is 0 Å². The molecule has 1 saturated heterocycles. The van der Waals surface area contributed by atoms with Gasteiger partial charge in [0.1, 0.15) is 0 Å². The van der Waals surface area contributed by atoms with Gasteiger partial charge in [0.2, 0.25) is 15.9 Å². The van der Waals surface area contributed by atoms with Crippen molar-refractivity contribution in [2.24, 2.45) is 0 Å². The molecule has 1 rings (SSSR count). The third-order valence-corrected chi connectivity index (χ3v) is 2.80. The zero-order valence-corrected chi connectivity index (χ0v) is 9.55. The molecule has 0 aliphatic carbocycles. The summed E-state index contributed by atoms with van der Waals surface area (Å²) in [5.74, 6) is -0.0329. The lowest BCUT2D eigenvalue weighted by atomic mass is 10.3. The Kier molecular flexibility index (Phi) is 4.49. The molecule has 6 nitrogen and oxygen atoms in total. The molecule has 0 saturated carbocycles. The van der Waals surface area contributed by atoms with Crippen LogP contribution in [0.4, 0.5) is 0 Å². The highest BCUT2D eigenvalue weighted by atomic mass is 32.2. The van der Waals surface area contributed by atoms with E-state index in [0.717, 1.165) is 6.26 Å². The summed E-state index contributed by atoms with van der Waals surface area (Å²) in [5.41, 5.74) is 0. The smallest absolute Gasteiger partial charge is 0.224 e. The molecule has 0 atom stereocenters. The number of morpholine rings is 1. The molecular weight excluding hydrogens is 220 g/mol. The number of hydrogen-bond acceptors (Lipinski definition) is 4. The monoisotopic (exact) mass is 236 g/mol. The van der Waals surface area contributed by atoms with Gasteiger partial charge in [-0.15, -0.1) is 0 Å². The molecule has 1 N–H and O–H groups in total. The van der Waals surface area contributed by atoms with Crippen molar-refractivity contribution < 1.29 is 17.9 Å². The second-order valence-electron chi connectivity index (χ2n) is 3.41. The Balaban J connectivity index is 2.23. The molecule has 1 heterocycles. The number of rotatable bonds is 4. The van der Waals surface area contributed by atoms with Crippen molar-refractivity contribution in [3.63, 3.8) is 0 Å². The zero-order valence-electron chi connectivity index (χ0n) is 8.73. The van der Waals surface area contributed by atoms with Crippen LogP contribution in [0.2, 0.25) is 0 Å². The summed E-state index contributed by atoms with van der Waals surface area (Å²) in [7, 11) is -3.20. The third-order valence-electron chi connectivity index (χ3n) is 2.07. The predicted octanol–water partition coefficient (Wildman–Crippen LogP) is -1.22. The van der Waals surface area contributed by atoms with Gasteiger partial charge in [0.05, 0.1) is 19.5 Å². The predicted molar refractivity (Wildman–Crippen MR) is 54.9 cm³/mol. The van der Waals surface area contributed by atoms with E-state index in [-0.39, 0.29) is 18.9 Å². The number of sulfonamides is 1. The van der Waals surface area contributed by atoms with E-state index >= 15 is 0 Å². The van der Waals surface area contributed by atoms with E-state index in [1.54, 1.807) is 4.90 Å². The Hall–Kier alpha value is -0.660. The van der Waals surface area contributed by atoms with Crippen LogP contribution in [-0.4, -0.2) is 58.3 Å². The van der Waals surface area contributed by atoms with Crippen molar-refractivity contribution in [1.29, 1.82) is 0 Å². The quantitative estimate of drug-likeness (QED) is 0.664. The number of carbonyl (C=O) groups is 1. The van der Waals surface area contributed by atoms with Gasteiger partial charge in [0.15, 0.2) is 0 Å². The molecule has 7 heteroatoms. The average Bonchev–Trinajstić information content (AvgIpc) is 2.17. The number of amides is 1. The molecule has 0 bridgehead atoms. The van der Waals surface area contributed by atoms with Gasteiger partial charge in [0, 0.05) is 26.1 Å². The lowest BCUT2D eigenvalue weighted by Gasteiger charge is -2.26. The first-order chi connectivity index (χ1) is 6.99. The number of nitrogens with zero attached hydrogens (tertiary/aromatic N) is 1. The van der Waals surface area contributed by atoms with Crippen LogP contribution in [0.3, 0.4) is 0 Å². The van der Waals surface area contributed by atoms with Crippen molar-refractivity contribution in [3.05, 3.63) is 0 Å². The summed E-state index contributed by atoms with van der Waals surface area (Å²) >= 11 is 0. The van der Waals surface area contributed by atoms with Gasteiger partial charge < -0.3 is 9.64 Å². The van der Waals surface area contributed by atoms with Crippen molar-refractivity contribution in [2.45, 2.75) is 6.42 Å². The van der Waals surface area contributed by atoms with Gasteiger partial charge in [-0.05, 0) is 0 Å². The minimum Gasteiger partial charge on any atom is -0.378 e. The first-order valence-corrected chi connectivity index (χ1v) is 6.68. The SMILES string of the molecule is CS(=O)(=O)NCCC(=O)N1CCOCC1. The van der Waals surface area contributed by atoms with Crippen LogP contribution in [-0.2, 0) is 19.6 Å². The van der Waals surface area contributed by atoms with E-state index in [4.69, 9.17) is 4.74 Å². The number of hydrogen-bond donors (Lipinski definition) is 1. The van der Waals surface area contributed by atoms with Gasteiger partial charge in [0.25, 0.3) is 0 Å². The van der Waals surface area contributed by atoms with Crippen molar-refractivity contribution in [3.8, 4) is 0 Å². The Labute approximate surface area is 89.6 Å². The van der Waals surface area contributed by atoms with Gasteiger partial charge in [-0.1, -0.05) is 0 Å². The van der Waals surface area contributed by atoms with Crippen LogP contribution < -0.4 is 4.72 Å². The van der Waals surface area contributed by atoms with Gasteiger partial charge in [-0.3, -0.25) is 4.79 Å². The van der Waals surface area contributed by atoms with Crippen LogP contribution in [0.25, 0.3) is 0 Å². The summed E-state index contributed by atoms with van der Waals surface area (Å²) < 4.78 is 28.9. The first kappa shape index (κ1) is 12.4. The average molecular weight is 236 g/mol. The summed E-state index contributed by atoms with van der Waals surface area (Å²) in [6, 6.07) is 0. The molecule has 0 unspecified atom stereocenters. The fourth-order valence-corrected chi connectivity index (χ4v) is 1.79. The lowest BCUT2D eigenvalue weighted by molar-refractivity contribution is -0.135. The van der Waals surface area contributed by atoms with Gasteiger partial charge in [-0.2, -0.15) is 0 Å². The molecule has 88 valence electrons. The molecule has 1 aliphatic heterocycles. The fourth-order valence-electron chi connectivity index (χ4n) is 1.31. The van der Waals surface area contributed by atoms with E-state index in [0.29, 0.717) is 26.3 Å². The second-order valence-corrected chi connectivity index (χ2v) is 5.24. The standard InChI is InChI=1S/C8H16N2O4S/c1-15(12,13)9-3-2-8(11)10-4-6-14-7-5-10/h9H,2-7H2,1H3. The fraction of sp³-hybridized carbons (Fsp3) is 0.875. The Morgan fingerprint density at radius 1 is 1.40 bits per heavy atom. The zero-order chi connectivity index (χ0) is 11.3. The van der Waals surface area contributed by atoms with E-state index in [9.17, 15) is 13.2 Å². The Morgan fingerprint density at radius 3 is 2.53 bits per heavy atom. The van der Waals surface area contributed by atoms with Crippen LogP contribution in [0.15, 0.2) is 0 Å². The minimum absolute atomic E-state index is 0.0329. The van der Waals surface area contributed by atoms with E-state index < -0.39 is 10.0 Å². The largest absolute Gasteiger partial charge is 0.378 e. The normalized spacial score (nSPS) is 17.8. The van der Waals surface area contributed by atoms with Crippen LogP contribution >= 0.6 is 0 Å². The van der Waals surface area contributed by atoms with Crippen molar-refractivity contribution in [1.82, 2.24) is 9.62 Å². The summed E-state index contributed by atoms with van der Waals surface area (Å²) in [4.78, 5) is 13.2. The molecule has 15 heavy (non-hydrogen) atoms. The Bertz CT molecular complexity index is 309. The van der Waals surface area contributed by atoms with Crippen LogP contribution in [0.1, 0.15) is 6.42 Å². The molecule has 0 spiro atoms. The summed E-state index contributed by atoms with van der Waals surface area (Å²) in [6.45, 7) is 2.47. The third kappa shape index (κ3) is 5.10. The summed E-state index contributed by atoms with van der Waals surface area (Å²) in [6.07, 6.45) is 1.28. The van der Waals surface area contributed by atoms with E-state index in [2.05, 4.69) is 4.72 Å².